The Labute approximate surface area is 70.5 Å². The van der Waals surface area contributed by atoms with E-state index in [0.717, 1.165) is 0 Å². The number of hydrogen-bond donors (Lipinski definition) is 1. The first kappa shape index (κ1) is 10.1. The molecule has 0 bridgehead atoms. The van der Waals surface area contributed by atoms with Crippen molar-refractivity contribution in [1.29, 1.82) is 10.7 Å². The molecule has 0 radical (unpaired) electrons. The zero-order chi connectivity index (χ0) is 8.85. The number of nitriles is 1. The Balaban J connectivity index is 4.31. The average Bonchev–Trinajstić information content (AvgIpc) is 2.05. The number of ketones is 1. The van der Waals surface area contributed by atoms with Gasteiger partial charge in [0.2, 0.25) is 0 Å². The molecule has 0 aliphatic carbocycles. The van der Waals surface area contributed by atoms with Gasteiger partial charge in [-0.3, -0.25) is 4.79 Å². The van der Waals surface area contributed by atoms with E-state index in [9.17, 15) is 4.79 Å². The van der Waals surface area contributed by atoms with Gasteiger partial charge in [-0.2, -0.15) is 5.26 Å². The second-order valence-corrected chi connectivity index (χ2v) is 2.31. The highest BCUT2D eigenvalue weighted by Gasteiger charge is 2.19. The van der Waals surface area contributed by atoms with Gasteiger partial charge in [0.15, 0.2) is 5.78 Å². The maximum atomic E-state index is 10.8. The lowest BCUT2D eigenvalue weighted by molar-refractivity contribution is -0.117. The number of carbonyl (C=O) groups is 1. The van der Waals surface area contributed by atoms with E-state index in [2.05, 4.69) is 0 Å². The summed E-state index contributed by atoms with van der Waals surface area (Å²) in [4.78, 5) is 10.8. The van der Waals surface area contributed by atoms with Gasteiger partial charge in [0.1, 0.15) is 5.92 Å². The first-order valence-electron chi connectivity index (χ1n) is 3.23. The molecular weight excluding hydrogens is 164 g/mol. The molecule has 0 amide bonds. The van der Waals surface area contributed by atoms with E-state index in [1.807, 2.05) is 0 Å². The fourth-order valence-electron chi connectivity index (χ4n) is 0.626. The summed E-state index contributed by atoms with van der Waals surface area (Å²) in [5.41, 5.74) is 0.137. The van der Waals surface area contributed by atoms with Crippen LogP contribution < -0.4 is 0 Å². The van der Waals surface area contributed by atoms with Crippen molar-refractivity contribution in [2.45, 2.75) is 13.3 Å². The number of nitrogens with one attached hydrogen (secondary N) is 1. The van der Waals surface area contributed by atoms with Crippen LogP contribution in [0.15, 0.2) is 0 Å². The zero-order valence-corrected chi connectivity index (χ0v) is 6.98. The summed E-state index contributed by atoms with van der Waals surface area (Å²) in [6.45, 7) is 1.73. The molecule has 0 aliphatic rings. The lowest BCUT2D eigenvalue weighted by Gasteiger charge is -2.04. The molecule has 0 saturated heterocycles. The van der Waals surface area contributed by atoms with Crippen LogP contribution in [0.2, 0.25) is 0 Å². The molecule has 0 spiro atoms. The van der Waals surface area contributed by atoms with E-state index in [1.165, 1.54) is 0 Å². The predicted molar refractivity (Wildman–Crippen MR) is 42.8 cm³/mol. The summed E-state index contributed by atoms with van der Waals surface area (Å²) in [6.07, 6.45) is 0.418. The van der Waals surface area contributed by atoms with Crippen LogP contribution in [0.1, 0.15) is 13.3 Å². The molecule has 1 atom stereocenters. The van der Waals surface area contributed by atoms with Crippen LogP contribution in [0.3, 0.4) is 0 Å². The van der Waals surface area contributed by atoms with Crippen LogP contribution in [0.4, 0.5) is 0 Å². The van der Waals surface area contributed by atoms with E-state index in [4.69, 9.17) is 22.3 Å². The molecule has 3 nitrogen and oxygen atoms in total. The Morgan fingerprint density at radius 2 is 2.36 bits per heavy atom. The van der Waals surface area contributed by atoms with Crippen LogP contribution in [0.25, 0.3) is 0 Å². The third-order valence-corrected chi connectivity index (χ3v) is 1.58. The Morgan fingerprint density at radius 3 is 2.64 bits per heavy atom. The highest BCUT2D eigenvalue weighted by atomic mass is 35.5. The second kappa shape index (κ2) is 4.86. The molecule has 0 aromatic heterocycles. The van der Waals surface area contributed by atoms with Crippen molar-refractivity contribution < 1.29 is 4.79 Å². The quantitative estimate of drug-likeness (QED) is 0.514. The lowest BCUT2D eigenvalue weighted by Crippen LogP contribution is -2.22. The number of halogens is 1. The molecule has 4 heteroatoms. The summed E-state index contributed by atoms with van der Waals surface area (Å²) in [6, 6.07) is 1.74. The van der Waals surface area contributed by atoms with Crippen molar-refractivity contribution in [1.82, 2.24) is 0 Å². The number of rotatable bonds is 4. The summed E-state index contributed by atoms with van der Waals surface area (Å²) in [7, 11) is 0. The number of hydrogen-bond acceptors (Lipinski definition) is 3. The maximum Gasteiger partial charge on any atom is 0.170 e. The molecule has 0 heterocycles. The fraction of sp³-hybridized carbons (Fsp3) is 0.571. The first-order valence-corrected chi connectivity index (χ1v) is 3.76. The minimum Gasteiger partial charge on any atom is -0.308 e. The molecule has 11 heavy (non-hydrogen) atoms. The monoisotopic (exact) mass is 172 g/mol. The van der Waals surface area contributed by atoms with E-state index in [0.29, 0.717) is 6.42 Å². The van der Waals surface area contributed by atoms with Gasteiger partial charge in [-0.15, -0.1) is 11.6 Å². The Morgan fingerprint density at radius 1 is 1.82 bits per heavy atom. The second-order valence-electron chi connectivity index (χ2n) is 2.04. The van der Waals surface area contributed by atoms with Crippen LogP contribution in [0, 0.1) is 22.7 Å². The molecule has 0 rings (SSSR count). The highest BCUT2D eigenvalue weighted by Crippen LogP contribution is 2.03. The SMILES string of the molecule is CCC(=N)C(C#N)C(=O)CCl. The molecular formula is C7H9ClN2O. The Bertz CT molecular complexity index is 191. The molecule has 0 saturated carbocycles. The number of carbonyl (C=O) groups excluding carboxylic acids is 1. The average molecular weight is 173 g/mol. The largest absolute Gasteiger partial charge is 0.308 e. The zero-order valence-electron chi connectivity index (χ0n) is 6.22. The lowest BCUT2D eigenvalue weighted by atomic mass is 9.99. The Kier molecular flexibility index (Phi) is 4.47. The van der Waals surface area contributed by atoms with Crippen LogP contribution in [-0.4, -0.2) is 17.4 Å². The fourth-order valence-corrected chi connectivity index (χ4v) is 0.780. The molecule has 0 aromatic rings. The third kappa shape index (κ3) is 2.69. The van der Waals surface area contributed by atoms with Crippen molar-refractivity contribution >= 4 is 23.1 Å². The number of nitrogens with zero attached hydrogens (tertiary/aromatic N) is 1. The van der Waals surface area contributed by atoms with Crippen molar-refractivity contribution in [3.8, 4) is 6.07 Å². The number of alkyl halides is 1. The van der Waals surface area contributed by atoms with E-state index < -0.39 is 5.92 Å². The van der Waals surface area contributed by atoms with Crippen LogP contribution in [-0.2, 0) is 4.79 Å². The van der Waals surface area contributed by atoms with Gasteiger partial charge in [0.25, 0.3) is 0 Å². The van der Waals surface area contributed by atoms with Crippen molar-refractivity contribution in [2.75, 3.05) is 5.88 Å². The minimum absolute atomic E-state index is 0.137. The van der Waals surface area contributed by atoms with Crippen LogP contribution >= 0.6 is 11.6 Å². The molecule has 0 aromatic carbocycles. The van der Waals surface area contributed by atoms with Gasteiger partial charge in [0, 0.05) is 5.71 Å². The molecule has 60 valence electrons. The topological polar surface area (TPSA) is 64.7 Å². The van der Waals surface area contributed by atoms with Gasteiger partial charge in [-0.1, -0.05) is 6.92 Å². The number of Topliss-reactive ketones (excluding diaryl/α,β-unsaturated/α-hetero) is 1. The van der Waals surface area contributed by atoms with Gasteiger partial charge in [0.05, 0.1) is 11.9 Å². The summed E-state index contributed by atoms with van der Waals surface area (Å²) in [5.74, 6) is -1.51. The standard InChI is InChI=1S/C7H9ClN2O/c1-2-6(10)5(4-9)7(11)3-8/h5,10H,2-3H2,1H3. The summed E-state index contributed by atoms with van der Waals surface area (Å²) in [5, 5.41) is 15.7. The third-order valence-electron chi connectivity index (χ3n) is 1.31. The van der Waals surface area contributed by atoms with Crippen molar-refractivity contribution in [3.05, 3.63) is 0 Å². The summed E-state index contributed by atoms with van der Waals surface area (Å²) >= 11 is 5.23. The molecule has 1 unspecified atom stereocenters. The predicted octanol–water partition coefficient (Wildman–Crippen LogP) is 1.36. The highest BCUT2D eigenvalue weighted by molar-refractivity contribution is 6.30. The van der Waals surface area contributed by atoms with Gasteiger partial charge < -0.3 is 5.41 Å². The molecule has 1 N–H and O–H groups in total. The smallest absolute Gasteiger partial charge is 0.170 e. The van der Waals surface area contributed by atoms with Crippen LogP contribution in [0.5, 0.6) is 0 Å². The minimum atomic E-state index is -0.933. The van der Waals surface area contributed by atoms with Gasteiger partial charge in [-0.05, 0) is 6.42 Å². The normalized spacial score (nSPS) is 11.7. The van der Waals surface area contributed by atoms with E-state index in [-0.39, 0.29) is 17.4 Å². The molecule has 0 fully saturated rings. The van der Waals surface area contributed by atoms with Crippen molar-refractivity contribution in [2.24, 2.45) is 5.92 Å². The van der Waals surface area contributed by atoms with Gasteiger partial charge in [-0.25, -0.2) is 0 Å². The first-order chi connectivity index (χ1) is 5.17. The Hall–Kier alpha value is -0.880. The van der Waals surface area contributed by atoms with E-state index >= 15 is 0 Å². The van der Waals surface area contributed by atoms with Crippen molar-refractivity contribution in [3.63, 3.8) is 0 Å². The van der Waals surface area contributed by atoms with E-state index in [1.54, 1.807) is 13.0 Å². The molecule has 0 aliphatic heterocycles. The maximum absolute atomic E-state index is 10.8. The van der Waals surface area contributed by atoms with Gasteiger partial charge >= 0.3 is 0 Å². The summed E-state index contributed by atoms with van der Waals surface area (Å²) < 4.78 is 0.